The molecule has 0 saturated heterocycles. The minimum atomic E-state index is -0.574. The van der Waals surface area contributed by atoms with Crippen LogP contribution in [-0.2, 0) is 11.2 Å². The maximum absolute atomic E-state index is 13.1. The van der Waals surface area contributed by atoms with Crippen molar-refractivity contribution in [3.05, 3.63) is 35.4 Å². The first-order chi connectivity index (χ1) is 8.43. The van der Waals surface area contributed by atoms with Gasteiger partial charge in [0.2, 0.25) is 0 Å². The first-order valence-corrected chi connectivity index (χ1v) is 6.26. The fraction of sp³-hybridized carbons (Fsp3) is 0.571. The highest BCUT2D eigenvalue weighted by molar-refractivity contribution is 5.19. The molecule has 2 nitrogen and oxygen atoms in total. The summed E-state index contributed by atoms with van der Waals surface area (Å²) in [6.45, 7) is 6.52. The molecule has 2 N–H and O–H groups in total. The van der Waals surface area contributed by atoms with Crippen molar-refractivity contribution < 1.29 is 13.5 Å². The van der Waals surface area contributed by atoms with Gasteiger partial charge in [0.05, 0.1) is 6.10 Å². The van der Waals surface area contributed by atoms with Gasteiger partial charge in [0.25, 0.3) is 0 Å². The molecule has 1 aromatic carbocycles. The zero-order chi connectivity index (χ0) is 13.7. The van der Waals surface area contributed by atoms with Gasteiger partial charge in [0, 0.05) is 18.7 Å². The summed E-state index contributed by atoms with van der Waals surface area (Å²) >= 11 is 0. The second kappa shape index (κ2) is 6.81. The molecular weight excluding hydrogens is 236 g/mol. The molecule has 0 spiro atoms. The highest BCUT2D eigenvalue weighted by atomic mass is 19.1. The van der Waals surface area contributed by atoms with Gasteiger partial charge in [-0.3, -0.25) is 0 Å². The molecule has 1 rings (SSSR count). The van der Waals surface area contributed by atoms with E-state index in [1.807, 2.05) is 20.8 Å². The van der Waals surface area contributed by atoms with Gasteiger partial charge in [0.15, 0.2) is 0 Å². The van der Waals surface area contributed by atoms with E-state index >= 15 is 0 Å². The Hall–Kier alpha value is -1.00. The molecule has 0 fully saturated rings. The van der Waals surface area contributed by atoms with Crippen LogP contribution in [0, 0.1) is 17.6 Å². The Bertz CT molecular complexity index is 362. The monoisotopic (exact) mass is 257 g/mol. The third-order valence-corrected chi connectivity index (χ3v) is 2.83. The van der Waals surface area contributed by atoms with Crippen LogP contribution in [0.3, 0.4) is 0 Å². The van der Waals surface area contributed by atoms with Crippen molar-refractivity contribution in [2.45, 2.75) is 39.3 Å². The van der Waals surface area contributed by atoms with Gasteiger partial charge < -0.3 is 10.5 Å². The summed E-state index contributed by atoms with van der Waals surface area (Å²) in [5, 5.41) is 0. The number of nitrogens with two attached hydrogens (primary N) is 1. The molecule has 102 valence electrons. The lowest BCUT2D eigenvalue weighted by Crippen LogP contribution is -2.42. The van der Waals surface area contributed by atoms with Crippen LogP contribution in [0.25, 0.3) is 0 Å². The fourth-order valence-electron chi connectivity index (χ4n) is 2.12. The molecule has 0 radical (unpaired) electrons. The normalized spacial score (nSPS) is 14.8. The van der Waals surface area contributed by atoms with Crippen LogP contribution >= 0.6 is 0 Å². The van der Waals surface area contributed by atoms with Gasteiger partial charge in [-0.25, -0.2) is 8.78 Å². The zero-order valence-corrected chi connectivity index (χ0v) is 11.1. The number of ether oxygens (including phenoxy) is 1. The highest BCUT2D eigenvalue weighted by Crippen LogP contribution is 2.16. The van der Waals surface area contributed by atoms with Crippen LogP contribution in [0.4, 0.5) is 8.78 Å². The zero-order valence-electron chi connectivity index (χ0n) is 11.1. The van der Waals surface area contributed by atoms with Crippen molar-refractivity contribution in [3.8, 4) is 0 Å². The van der Waals surface area contributed by atoms with E-state index in [-0.39, 0.29) is 18.1 Å². The number of benzene rings is 1. The standard InChI is InChI=1S/C14H21F2NO/c1-4-18-14(9(2)3)13(17)7-10-5-11(15)8-12(16)6-10/h5-6,8-9,13-14H,4,7,17H2,1-3H3. The predicted octanol–water partition coefficient (Wildman–Crippen LogP) is 2.90. The molecule has 18 heavy (non-hydrogen) atoms. The highest BCUT2D eigenvalue weighted by Gasteiger charge is 2.22. The molecule has 0 amide bonds. The Morgan fingerprint density at radius 3 is 2.17 bits per heavy atom. The minimum absolute atomic E-state index is 0.110. The summed E-state index contributed by atoms with van der Waals surface area (Å²) < 4.78 is 31.7. The van der Waals surface area contributed by atoms with E-state index in [9.17, 15) is 8.78 Å². The second-order valence-electron chi connectivity index (χ2n) is 4.81. The van der Waals surface area contributed by atoms with E-state index in [0.717, 1.165) is 6.07 Å². The van der Waals surface area contributed by atoms with E-state index in [1.54, 1.807) is 0 Å². The van der Waals surface area contributed by atoms with Crippen molar-refractivity contribution in [3.63, 3.8) is 0 Å². The van der Waals surface area contributed by atoms with Crippen LogP contribution in [0.15, 0.2) is 18.2 Å². The maximum Gasteiger partial charge on any atom is 0.126 e. The average molecular weight is 257 g/mol. The van der Waals surface area contributed by atoms with E-state index in [4.69, 9.17) is 10.5 Å². The van der Waals surface area contributed by atoms with Gasteiger partial charge in [0.1, 0.15) is 11.6 Å². The van der Waals surface area contributed by atoms with Crippen LogP contribution < -0.4 is 5.73 Å². The lowest BCUT2D eigenvalue weighted by Gasteiger charge is -2.27. The Morgan fingerprint density at radius 1 is 1.17 bits per heavy atom. The summed E-state index contributed by atoms with van der Waals surface area (Å²) in [7, 11) is 0. The van der Waals surface area contributed by atoms with Crippen molar-refractivity contribution in [1.82, 2.24) is 0 Å². The molecule has 0 bridgehead atoms. The molecule has 0 aliphatic carbocycles. The maximum atomic E-state index is 13.1. The van der Waals surface area contributed by atoms with Gasteiger partial charge >= 0.3 is 0 Å². The Morgan fingerprint density at radius 2 is 1.72 bits per heavy atom. The molecule has 0 heterocycles. The van der Waals surface area contributed by atoms with Crippen LogP contribution in [0.1, 0.15) is 26.3 Å². The molecule has 2 unspecified atom stereocenters. The second-order valence-corrected chi connectivity index (χ2v) is 4.81. The lowest BCUT2D eigenvalue weighted by atomic mass is 9.94. The quantitative estimate of drug-likeness (QED) is 0.850. The van der Waals surface area contributed by atoms with Gasteiger partial charge in [-0.1, -0.05) is 13.8 Å². The van der Waals surface area contributed by atoms with E-state index in [1.165, 1.54) is 12.1 Å². The fourth-order valence-corrected chi connectivity index (χ4v) is 2.12. The summed E-state index contributed by atoms with van der Waals surface area (Å²) in [4.78, 5) is 0. The van der Waals surface area contributed by atoms with E-state index in [2.05, 4.69) is 0 Å². The SMILES string of the molecule is CCOC(C(C)C)C(N)Cc1cc(F)cc(F)c1. The molecule has 1 aromatic rings. The molecular formula is C14H21F2NO. The Labute approximate surface area is 107 Å². The largest absolute Gasteiger partial charge is 0.377 e. The average Bonchev–Trinajstić information content (AvgIpc) is 2.23. The number of hydrogen-bond donors (Lipinski definition) is 1. The van der Waals surface area contributed by atoms with Gasteiger partial charge in [-0.15, -0.1) is 0 Å². The third-order valence-electron chi connectivity index (χ3n) is 2.83. The first kappa shape index (κ1) is 15.1. The summed E-state index contributed by atoms with van der Waals surface area (Å²) in [6, 6.07) is 3.21. The number of hydrogen-bond acceptors (Lipinski definition) is 2. The van der Waals surface area contributed by atoms with Crippen LogP contribution in [0.2, 0.25) is 0 Å². The topological polar surface area (TPSA) is 35.2 Å². The van der Waals surface area contributed by atoms with Crippen molar-refractivity contribution >= 4 is 0 Å². The number of rotatable bonds is 6. The van der Waals surface area contributed by atoms with Crippen molar-refractivity contribution in [2.75, 3.05) is 6.61 Å². The van der Waals surface area contributed by atoms with Crippen molar-refractivity contribution in [2.24, 2.45) is 11.7 Å². The lowest BCUT2D eigenvalue weighted by molar-refractivity contribution is 0.0127. The summed E-state index contributed by atoms with van der Waals surface area (Å²) in [5.41, 5.74) is 6.63. The smallest absolute Gasteiger partial charge is 0.126 e. The summed E-state index contributed by atoms with van der Waals surface area (Å²) in [6.07, 6.45) is 0.290. The minimum Gasteiger partial charge on any atom is -0.377 e. The number of halogens is 2. The molecule has 0 saturated carbocycles. The first-order valence-electron chi connectivity index (χ1n) is 6.26. The van der Waals surface area contributed by atoms with E-state index < -0.39 is 11.6 Å². The van der Waals surface area contributed by atoms with Gasteiger partial charge in [-0.2, -0.15) is 0 Å². The predicted molar refractivity (Wildman–Crippen MR) is 68.3 cm³/mol. The molecule has 0 aliphatic rings. The van der Waals surface area contributed by atoms with Crippen molar-refractivity contribution in [1.29, 1.82) is 0 Å². The molecule has 4 heteroatoms. The van der Waals surface area contributed by atoms with Crippen LogP contribution in [0.5, 0.6) is 0 Å². The summed E-state index contributed by atoms with van der Waals surface area (Å²) in [5.74, 6) is -0.886. The van der Waals surface area contributed by atoms with E-state index in [0.29, 0.717) is 18.6 Å². The third kappa shape index (κ3) is 4.35. The Balaban J connectivity index is 2.75. The van der Waals surface area contributed by atoms with Crippen LogP contribution in [-0.4, -0.2) is 18.8 Å². The molecule has 0 aliphatic heterocycles. The van der Waals surface area contributed by atoms with Gasteiger partial charge in [-0.05, 0) is 37.0 Å². The molecule has 2 atom stereocenters. The molecule has 0 aromatic heterocycles. The Kier molecular flexibility index (Phi) is 5.69.